The van der Waals surface area contributed by atoms with Crippen molar-refractivity contribution in [3.05, 3.63) is 66.2 Å². The lowest BCUT2D eigenvalue weighted by molar-refractivity contribution is 0.227. The molecule has 0 aliphatic heterocycles. The van der Waals surface area contributed by atoms with Gasteiger partial charge in [-0.05, 0) is 24.3 Å². The highest BCUT2D eigenvalue weighted by Gasteiger charge is 2.06. The molecule has 2 aromatic carbocycles. The molecule has 20 heavy (non-hydrogen) atoms. The third-order valence-corrected chi connectivity index (χ3v) is 2.69. The van der Waals surface area contributed by atoms with E-state index in [1.807, 2.05) is 60.7 Å². The summed E-state index contributed by atoms with van der Waals surface area (Å²) in [7, 11) is 1.72. The highest BCUT2D eigenvalue weighted by molar-refractivity contribution is 5.89. The van der Waals surface area contributed by atoms with Crippen LogP contribution in [0.15, 0.2) is 60.7 Å². The molecule has 1 N–H and O–H groups in total. The summed E-state index contributed by atoms with van der Waals surface area (Å²) in [4.78, 5) is 13.4. The van der Waals surface area contributed by atoms with Crippen molar-refractivity contribution in [2.24, 2.45) is 0 Å². The van der Waals surface area contributed by atoms with Crippen LogP contribution >= 0.6 is 0 Å². The maximum absolute atomic E-state index is 11.9. The van der Waals surface area contributed by atoms with Crippen LogP contribution in [0.1, 0.15) is 5.56 Å². The van der Waals surface area contributed by atoms with E-state index in [0.717, 1.165) is 11.3 Å². The Bertz CT molecular complexity index is 612. The molecule has 0 spiro atoms. The first-order valence-corrected chi connectivity index (χ1v) is 6.37. The van der Waals surface area contributed by atoms with Crippen LogP contribution < -0.4 is 5.32 Å². The third kappa shape index (κ3) is 4.18. The van der Waals surface area contributed by atoms with Gasteiger partial charge in [-0.15, -0.1) is 0 Å². The monoisotopic (exact) mass is 264 g/mol. The van der Waals surface area contributed by atoms with Crippen molar-refractivity contribution >= 4 is 11.7 Å². The molecule has 0 fully saturated rings. The van der Waals surface area contributed by atoms with Crippen LogP contribution in [0.3, 0.4) is 0 Å². The molecule has 0 aromatic heterocycles. The second-order valence-electron chi connectivity index (χ2n) is 4.32. The number of rotatable bonds is 2. The highest BCUT2D eigenvalue weighted by atomic mass is 16.2. The number of nitrogens with zero attached hydrogens (tertiary/aromatic N) is 1. The highest BCUT2D eigenvalue weighted by Crippen LogP contribution is 2.05. The van der Waals surface area contributed by atoms with Gasteiger partial charge < -0.3 is 10.2 Å². The van der Waals surface area contributed by atoms with E-state index in [4.69, 9.17) is 0 Å². The van der Waals surface area contributed by atoms with Crippen molar-refractivity contribution in [2.75, 3.05) is 18.9 Å². The first kappa shape index (κ1) is 13.7. The SMILES string of the molecule is CN(CC#Cc1ccccc1)C(=O)Nc1ccccc1. The molecule has 3 nitrogen and oxygen atoms in total. The lowest BCUT2D eigenvalue weighted by Gasteiger charge is -2.14. The Morgan fingerprint density at radius 2 is 1.65 bits per heavy atom. The summed E-state index contributed by atoms with van der Waals surface area (Å²) >= 11 is 0. The summed E-state index contributed by atoms with van der Waals surface area (Å²) < 4.78 is 0. The summed E-state index contributed by atoms with van der Waals surface area (Å²) in [6.45, 7) is 0.383. The van der Waals surface area contributed by atoms with E-state index < -0.39 is 0 Å². The van der Waals surface area contributed by atoms with Gasteiger partial charge >= 0.3 is 6.03 Å². The topological polar surface area (TPSA) is 32.3 Å². The Morgan fingerprint density at radius 1 is 1.05 bits per heavy atom. The van der Waals surface area contributed by atoms with Gasteiger partial charge in [0.2, 0.25) is 0 Å². The zero-order valence-corrected chi connectivity index (χ0v) is 11.3. The number of anilines is 1. The van der Waals surface area contributed by atoms with Crippen LogP contribution in [0.25, 0.3) is 0 Å². The van der Waals surface area contributed by atoms with Crippen LogP contribution in [-0.4, -0.2) is 24.5 Å². The maximum atomic E-state index is 11.9. The number of hydrogen-bond donors (Lipinski definition) is 1. The summed E-state index contributed by atoms with van der Waals surface area (Å²) in [6, 6.07) is 18.9. The number of benzene rings is 2. The quantitative estimate of drug-likeness (QED) is 0.830. The average molecular weight is 264 g/mol. The Hall–Kier alpha value is -2.73. The van der Waals surface area contributed by atoms with Gasteiger partial charge in [-0.25, -0.2) is 4.79 Å². The van der Waals surface area contributed by atoms with Crippen molar-refractivity contribution in [1.29, 1.82) is 0 Å². The van der Waals surface area contributed by atoms with Gasteiger partial charge in [0, 0.05) is 18.3 Å². The fourth-order valence-electron chi connectivity index (χ4n) is 1.59. The van der Waals surface area contributed by atoms with Crippen molar-refractivity contribution in [3.8, 4) is 11.8 Å². The molecule has 0 bridgehead atoms. The first-order chi connectivity index (χ1) is 9.75. The minimum absolute atomic E-state index is 0.168. The minimum atomic E-state index is -0.168. The third-order valence-electron chi connectivity index (χ3n) is 2.69. The summed E-state index contributed by atoms with van der Waals surface area (Å²) in [5, 5.41) is 2.81. The van der Waals surface area contributed by atoms with Crippen LogP contribution in [0.4, 0.5) is 10.5 Å². The van der Waals surface area contributed by atoms with Gasteiger partial charge in [-0.1, -0.05) is 48.2 Å². The van der Waals surface area contributed by atoms with Crippen LogP contribution in [-0.2, 0) is 0 Å². The van der Waals surface area contributed by atoms with Gasteiger partial charge in [0.25, 0.3) is 0 Å². The van der Waals surface area contributed by atoms with E-state index in [1.54, 1.807) is 11.9 Å². The number of carbonyl (C=O) groups is 1. The molecule has 2 aromatic rings. The van der Waals surface area contributed by atoms with Gasteiger partial charge in [-0.3, -0.25) is 0 Å². The van der Waals surface area contributed by atoms with E-state index in [9.17, 15) is 4.79 Å². The molecule has 0 atom stereocenters. The average Bonchev–Trinajstić information content (AvgIpc) is 2.49. The molecule has 3 heteroatoms. The lowest BCUT2D eigenvalue weighted by atomic mass is 10.2. The summed E-state index contributed by atoms with van der Waals surface area (Å²) in [5.74, 6) is 6.01. The number of nitrogens with one attached hydrogen (secondary N) is 1. The second-order valence-corrected chi connectivity index (χ2v) is 4.32. The largest absolute Gasteiger partial charge is 0.322 e. The zero-order valence-electron chi connectivity index (χ0n) is 11.3. The summed E-state index contributed by atoms with van der Waals surface area (Å²) in [6.07, 6.45) is 0. The van der Waals surface area contributed by atoms with E-state index in [1.165, 1.54) is 0 Å². The molecule has 0 saturated carbocycles. The zero-order chi connectivity index (χ0) is 14.2. The molecule has 2 amide bonds. The van der Waals surface area contributed by atoms with Crippen LogP contribution in [0.5, 0.6) is 0 Å². The standard InChI is InChI=1S/C17H16N2O/c1-19(14-8-11-15-9-4-2-5-10-15)17(20)18-16-12-6-3-7-13-16/h2-7,9-10,12-13H,14H2,1H3,(H,18,20). The number of hydrogen-bond acceptors (Lipinski definition) is 1. The molecule has 0 aliphatic rings. The van der Waals surface area contributed by atoms with E-state index >= 15 is 0 Å². The second kappa shape index (κ2) is 7.01. The van der Waals surface area contributed by atoms with Gasteiger partial charge in [-0.2, -0.15) is 0 Å². The fraction of sp³-hybridized carbons (Fsp3) is 0.118. The van der Waals surface area contributed by atoms with E-state index in [0.29, 0.717) is 6.54 Å². The lowest BCUT2D eigenvalue weighted by Crippen LogP contribution is -2.31. The molecule has 2 rings (SSSR count). The Balaban J connectivity index is 1.87. The Labute approximate surface area is 119 Å². The fourth-order valence-corrected chi connectivity index (χ4v) is 1.59. The van der Waals surface area contributed by atoms with Gasteiger partial charge in [0.05, 0.1) is 6.54 Å². The van der Waals surface area contributed by atoms with Crippen molar-refractivity contribution < 1.29 is 4.79 Å². The smallest absolute Gasteiger partial charge is 0.316 e. The number of para-hydroxylation sites is 1. The van der Waals surface area contributed by atoms with E-state index in [-0.39, 0.29) is 6.03 Å². The van der Waals surface area contributed by atoms with Crippen LogP contribution in [0, 0.1) is 11.8 Å². The molecule has 100 valence electrons. The van der Waals surface area contributed by atoms with Crippen molar-refractivity contribution in [3.63, 3.8) is 0 Å². The maximum Gasteiger partial charge on any atom is 0.322 e. The molecule has 0 aliphatic carbocycles. The molecule has 0 unspecified atom stereocenters. The molecular formula is C17H16N2O. The molecule has 0 saturated heterocycles. The Morgan fingerprint density at radius 3 is 2.30 bits per heavy atom. The predicted octanol–water partition coefficient (Wildman–Crippen LogP) is 3.20. The number of urea groups is 1. The number of carbonyl (C=O) groups excluding carboxylic acids is 1. The van der Waals surface area contributed by atoms with Crippen LogP contribution in [0.2, 0.25) is 0 Å². The van der Waals surface area contributed by atoms with Crippen molar-refractivity contribution in [2.45, 2.75) is 0 Å². The van der Waals surface area contributed by atoms with Gasteiger partial charge in [0.15, 0.2) is 0 Å². The molecule has 0 heterocycles. The molecular weight excluding hydrogens is 248 g/mol. The first-order valence-electron chi connectivity index (χ1n) is 6.37. The predicted molar refractivity (Wildman–Crippen MR) is 81.4 cm³/mol. The molecule has 0 radical (unpaired) electrons. The minimum Gasteiger partial charge on any atom is -0.316 e. The van der Waals surface area contributed by atoms with E-state index in [2.05, 4.69) is 17.2 Å². The Kier molecular flexibility index (Phi) is 4.80. The number of amides is 2. The summed E-state index contributed by atoms with van der Waals surface area (Å²) in [5.41, 5.74) is 1.73. The van der Waals surface area contributed by atoms with Gasteiger partial charge in [0.1, 0.15) is 0 Å². The van der Waals surface area contributed by atoms with Crippen molar-refractivity contribution in [1.82, 2.24) is 4.90 Å². The normalized spacial score (nSPS) is 9.25.